The molecule has 0 aliphatic carbocycles. The minimum absolute atomic E-state index is 0.0867. The first-order chi connectivity index (χ1) is 15.8. The summed E-state index contributed by atoms with van der Waals surface area (Å²) in [6.45, 7) is 0. The molecule has 0 heterocycles. The monoisotopic (exact) mass is 494 g/mol. The zero-order valence-electron chi connectivity index (χ0n) is 17.3. The summed E-state index contributed by atoms with van der Waals surface area (Å²) in [5.74, 6) is -3.57. The second kappa shape index (κ2) is 9.27. The van der Waals surface area contributed by atoms with Crippen LogP contribution in [0.3, 0.4) is 0 Å². The van der Waals surface area contributed by atoms with Gasteiger partial charge in [-0.2, -0.15) is 0 Å². The van der Waals surface area contributed by atoms with Gasteiger partial charge >= 0.3 is 12.7 Å². The minimum Gasteiger partial charge on any atom is -0.496 e. The van der Waals surface area contributed by atoms with Crippen molar-refractivity contribution in [3.05, 3.63) is 60.2 Å². The summed E-state index contributed by atoms with van der Waals surface area (Å²) in [6.07, 6.45) is -10.1. The summed E-state index contributed by atoms with van der Waals surface area (Å²) >= 11 is 0. The maximum atomic E-state index is 14.5. The maximum Gasteiger partial charge on any atom is 0.573 e. The molecule has 3 rings (SSSR count). The van der Waals surface area contributed by atoms with Crippen LogP contribution in [0, 0.1) is 11.6 Å². The lowest BCUT2D eigenvalue weighted by Gasteiger charge is -2.18. The molecule has 0 radical (unpaired) electrons. The summed E-state index contributed by atoms with van der Waals surface area (Å²) in [5.41, 5.74) is -0.899. The second-order valence-corrected chi connectivity index (χ2v) is 6.63. The number of benzene rings is 3. The molecule has 0 fully saturated rings. The normalized spacial score (nSPS) is 11.8. The average molecular weight is 494 g/mol. The van der Waals surface area contributed by atoms with Crippen LogP contribution in [0.25, 0.3) is 22.3 Å². The lowest BCUT2D eigenvalue weighted by atomic mass is 9.97. The number of ether oxygens (including phenoxy) is 4. The van der Waals surface area contributed by atoms with Crippen LogP contribution in [0.5, 0.6) is 23.0 Å². The van der Waals surface area contributed by atoms with Crippen LogP contribution >= 0.6 is 0 Å². The van der Waals surface area contributed by atoms with E-state index in [4.69, 9.17) is 9.47 Å². The van der Waals surface area contributed by atoms with E-state index in [9.17, 15) is 35.1 Å². The molecule has 0 amide bonds. The van der Waals surface area contributed by atoms with Crippen molar-refractivity contribution < 1.29 is 54.1 Å². The molecule has 0 saturated heterocycles. The highest BCUT2D eigenvalue weighted by Crippen LogP contribution is 2.44. The standard InChI is InChI=1S/C22H14F8O4/c1-31-19-9-16(14-8-12(4-6-18(14)24)34-22(28,29)30)20(32-2)10-15(19)13-7-11(3-5-17(13)23)33-21(25,26)27/h3-10H,1-2H3. The van der Waals surface area contributed by atoms with Crippen molar-refractivity contribution in [1.82, 2.24) is 0 Å². The fourth-order valence-corrected chi connectivity index (χ4v) is 3.13. The first-order valence-electron chi connectivity index (χ1n) is 9.18. The Labute approximate surface area is 187 Å². The Morgan fingerprint density at radius 3 is 1.18 bits per heavy atom. The average Bonchev–Trinajstić information content (AvgIpc) is 2.73. The third-order valence-corrected chi connectivity index (χ3v) is 4.44. The molecule has 34 heavy (non-hydrogen) atoms. The van der Waals surface area contributed by atoms with Crippen LogP contribution in [-0.2, 0) is 0 Å². The third kappa shape index (κ3) is 5.80. The molecule has 3 aromatic carbocycles. The highest BCUT2D eigenvalue weighted by atomic mass is 19.4. The summed E-state index contributed by atoms with van der Waals surface area (Å²) < 4.78 is 123. The number of hydrogen-bond donors (Lipinski definition) is 0. The van der Waals surface area contributed by atoms with Gasteiger partial charge in [0.1, 0.15) is 34.6 Å². The van der Waals surface area contributed by atoms with E-state index >= 15 is 0 Å². The maximum absolute atomic E-state index is 14.5. The molecule has 0 saturated carbocycles. The zero-order chi connectivity index (χ0) is 25.3. The van der Waals surface area contributed by atoms with E-state index in [0.717, 1.165) is 62.8 Å². The molecule has 182 valence electrons. The summed E-state index contributed by atoms with van der Waals surface area (Å²) in [7, 11) is 2.31. The van der Waals surface area contributed by atoms with Crippen LogP contribution in [0.1, 0.15) is 0 Å². The van der Waals surface area contributed by atoms with Crippen LogP contribution in [0.4, 0.5) is 35.1 Å². The Morgan fingerprint density at radius 1 is 0.529 bits per heavy atom. The van der Waals surface area contributed by atoms with Gasteiger partial charge in [-0.05, 0) is 48.5 Å². The number of alkyl halides is 6. The van der Waals surface area contributed by atoms with Gasteiger partial charge in [0.05, 0.1) is 14.2 Å². The van der Waals surface area contributed by atoms with Crippen molar-refractivity contribution in [2.75, 3.05) is 14.2 Å². The van der Waals surface area contributed by atoms with Crippen LogP contribution < -0.4 is 18.9 Å². The topological polar surface area (TPSA) is 36.9 Å². The predicted octanol–water partition coefficient (Wildman–Crippen LogP) is 7.11. The summed E-state index contributed by atoms with van der Waals surface area (Å²) in [6, 6.07) is 6.86. The fraction of sp³-hybridized carbons (Fsp3) is 0.182. The van der Waals surface area contributed by atoms with Gasteiger partial charge in [-0.25, -0.2) is 8.78 Å². The summed E-state index contributed by atoms with van der Waals surface area (Å²) in [4.78, 5) is 0. The van der Waals surface area contributed by atoms with Crippen molar-refractivity contribution >= 4 is 0 Å². The molecular weight excluding hydrogens is 480 g/mol. The van der Waals surface area contributed by atoms with E-state index < -0.39 is 35.9 Å². The highest BCUT2D eigenvalue weighted by Gasteiger charge is 2.32. The molecule has 12 heteroatoms. The predicted molar refractivity (Wildman–Crippen MR) is 104 cm³/mol. The molecule has 0 aliphatic heterocycles. The van der Waals surface area contributed by atoms with Crippen LogP contribution in [0.15, 0.2) is 48.5 Å². The third-order valence-electron chi connectivity index (χ3n) is 4.44. The van der Waals surface area contributed by atoms with E-state index in [2.05, 4.69) is 9.47 Å². The molecule has 0 aliphatic rings. The first-order valence-corrected chi connectivity index (χ1v) is 9.18. The number of halogens is 8. The van der Waals surface area contributed by atoms with E-state index in [0.29, 0.717) is 0 Å². The number of hydrogen-bond acceptors (Lipinski definition) is 4. The van der Waals surface area contributed by atoms with Crippen molar-refractivity contribution in [3.8, 4) is 45.3 Å². The lowest BCUT2D eigenvalue weighted by Crippen LogP contribution is -2.17. The van der Waals surface area contributed by atoms with Crippen molar-refractivity contribution in [3.63, 3.8) is 0 Å². The molecule has 0 unspecified atom stereocenters. The van der Waals surface area contributed by atoms with Gasteiger partial charge in [0.15, 0.2) is 0 Å². The molecule has 0 bridgehead atoms. The van der Waals surface area contributed by atoms with Gasteiger partial charge in [-0.1, -0.05) is 0 Å². The van der Waals surface area contributed by atoms with E-state index in [1.165, 1.54) is 0 Å². The molecule has 0 spiro atoms. The van der Waals surface area contributed by atoms with Gasteiger partial charge in [-0.15, -0.1) is 26.3 Å². The highest BCUT2D eigenvalue weighted by molar-refractivity contribution is 5.82. The van der Waals surface area contributed by atoms with Crippen molar-refractivity contribution in [1.29, 1.82) is 0 Å². The van der Waals surface area contributed by atoms with Crippen molar-refractivity contribution in [2.24, 2.45) is 0 Å². The fourth-order valence-electron chi connectivity index (χ4n) is 3.13. The lowest BCUT2D eigenvalue weighted by molar-refractivity contribution is -0.275. The molecule has 0 atom stereocenters. The van der Waals surface area contributed by atoms with E-state index in [-0.39, 0.29) is 33.8 Å². The smallest absolute Gasteiger partial charge is 0.496 e. The van der Waals surface area contributed by atoms with E-state index in [1.807, 2.05) is 0 Å². The Hall–Kier alpha value is -3.70. The van der Waals surface area contributed by atoms with Gasteiger partial charge in [0.2, 0.25) is 0 Å². The molecular formula is C22H14F8O4. The largest absolute Gasteiger partial charge is 0.573 e. The Morgan fingerprint density at radius 2 is 0.882 bits per heavy atom. The Bertz CT molecular complexity index is 1100. The van der Waals surface area contributed by atoms with E-state index in [1.54, 1.807) is 0 Å². The number of methoxy groups -OCH3 is 2. The molecule has 3 aromatic rings. The molecule has 0 N–H and O–H groups in total. The quantitative estimate of drug-likeness (QED) is 0.342. The SMILES string of the molecule is COc1cc(-c2cc(OC(F)(F)F)ccc2F)c(OC)cc1-c1cc(OC(F)(F)F)ccc1F. The Kier molecular flexibility index (Phi) is 6.80. The summed E-state index contributed by atoms with van der Waals surface area (Å²) in [5, 5.41) is 0. The van der Waals surface area contributed by atoms with Crippen molar-refractivity contribution in [2.45, 2.75) is 12.7 Å². The first kappa shape index (κ1) is 24.9. The minimum atomic E-state index is -5.03. The second-order valence-electron chi connectivity index (χ2n) is 6.63. The van der Waals surface area contributed by atoms with Crippen LogP contribution in [-0.4, -0.2) is 26.9 Å². The molecule has 0 aromatic heterocycles. The van der Waals surface area contributed by atoms with Gasteiger partial charge in [-0.3, -0.25) is 0 Å². The van der Waals surface area contributed by atoms with Gasteiger partial charge in [0.25, 0.3) is 0 Å². The van der Waals surface area contributed by atoms with Crippen LogP contribution in [0.2, 0.25) is 0 Å². The zero-order valence-corrected chi connectivity index (χ0v) is 17.3. The number of rotatable bonds is 6. The Balaban J connectivity index is 2.17. The van der Waals surface area contributed by atoms with Gasteiger partial charge in [0, 0.05) is 22.3 Å². The molecule has 4 nitrogen and oxygen atoms in total. The van der Waals surface area contributed by atoms with Gasteiger partial charge < -0.3 is 18.9 Å².